The van der Waals surface area contributed by atoms with Crippen LogP contribution in [0.3, 0.4) is 0 Å². The predicted molar refractivity (Wildman–Crippen MR) is 126 cm³/mol. The summed E-state index contributed by atoms with van der Waals surface area (Å²) in [6, 6.07) is 10.7. The van der Waals surface area contributed by atoms with Crippen molar-refractivity contribution in [2.45, 2.75) is 58.0 Å². The molecular weight excluding hydrogens is 412 g/mol. The summed E-state index contributed by atoms with van der Waals surface area (Å²) in [6.07, 6.45) is 11.0. The number of hydrogen-bond acceptors (Lipinski definition) is 7. The Morgan fingerprint density at radius 3 is 2.67 bits per heavy atom. The number of aromatic nitrogens is 7. The lowest BCUT2D eigenvalue weighted by Gasteiger charge is -2.41. The van der Waals surface area contributed by atoms with Gasteiger partial charge >= 0.3 is 0 Å². The molecule has 2 aliphatic rings. The van der Waals surface area contributed by atoms with Crippen molar-refractivity contribution in [1.29, 1.82) is 0 Å². The van der Waals surface area contributed by atoms with Crippen molar-refractivity contribution >= 4 is 5.82 Å². The second-order valence-electron chi connectivity index (χ2n) is 8.78. The van der Waals surface area contributed by atoms with E-state index in [1.54, 1.807) is 12.7 Å². The summed E-state index contributed by atoms with van der Waals surface area (Å²) in [4.78, 5) is 21.5. The third-order valence-corrected chi connectivity index (χ3v) is 6.84. The first-order valence-electron chi connectivity index (χ1n) is 11.7. The summed E-state index contributed by atoms with van der Waals surface area (Å²) in [7, 11) is 0. The van der Waals surface area contributed by atoms with Crippen LogP contribution in [0.25, 0.3) is 28.3 Å². The zero-order valence-corrected chi connectivity index (χ0v) is 18.9. The van der Waals surface area contributed by atoms with Crippen LogP contribution in [0.2, 0.25) is 0 Å². The van der Waals surface area contributed by atoms with Gasteiger partial charge in [0, 0.05) is 17.8 Å². The average molecular weight is 439 g/mol. The Labute approximate surface area is 192 Å². The van der Waals surface area contributed by atoms with Crippen molar-refractivity contribution in [3.05, 3.63) is 60.7 Å². The van der Waals surface area contributed by atoms with Gasteiger partial charge in [0.15, 0.2) is 17.5 Å². The number of aryl methyl sites for hydroxylation is 1. The van der Waals surface area contributed by atoms with E-state index in [0.29, 0.717) is 11.9 Å². The molecule has 0 amide bonds. The number of benzene rings is 1. The van der Waals surface area contributed by atoms with Crippen LogP contribution in [-0.2, 0) is 0 Å². The van der Waals surface area contributed by atoms with Gasteiger partial charge in [-0.1, -0.05) is 50.1 Å². The molecule has 0 N–H and O–H groups in total. The largest absolute Gasteiger partial charge is 0.341 e. The molecule has 8 heteroatoms. The molecule has 1 atom stereocenters. The van der Waals surface area contributed by atoms with Crippen LogP contribution in [0.15, 0.2) is 49.2 Å². The maximum atomic E-state index is 5.19. The van der Waals surface area contributed by atoms with E-state index >= 15 is 0 Å². The molecule has 0 saturated heterocycles. The number of nitrogens with zero attached hydrogens (tertiary/aromatic N) is 8. The molecule has 1 aromatic carbocycles. The first kappa shape index (κ1) is 20.0. The lowest BCUT2D eigenvalue weighted by molar-refractivity contribution is 0.468. The van der Waals surface area contributed by atoms with Gasteiger partial charge in [-0.2, -0.15) is 0 Å². The Hall–Kier alpha value is -3.68. The SMILES string of the molecule is CC[C@@H]1c2nncn2-c2c(C)nc(-c3cncnc3-c3ccccc3)nc2N1C1CCCC1. The quantitative estimate of drug-likeness (QED) is 0.456. The molecule has 1 aliphatic heterocycles. The van der Waals surface area contributed by atoms with Crippen LogP contribution >= 0.6 is 0 Å². The zero-order chi connectivity index (χ0) is 22.4. The molecular formula is C25H26N8. The highest BCUT2D eigenvalue weighted by Crippen LogP contribution is 2.44. The van der Waals surface area contributed by atoms with E-state index in [1.807, 2.05) is 31.3 Å². The second-order valence-corrected chi connectivity index (χ2v) is 8.78. The molecule has 0 bridgehead atoms. The fourth-order valence-corrected chi connectivity index (χ4v) is 5.36. The van der Waals surface area contributed by atoms with E-state index in [2.05, 4.69) is 48.7 Å². The molecule has 4 aromatic rings. The molecule has 1 aliphatic carbocycles. The van der Waals surface area contributed by atoms with E-state index in [1.165, 1.54) is 25.7 Å². The van der Waals surface area contributed by atoms with Crippen LogP contribution in [-0.4, -0.2) is 40.7 Å². The molecule has 4 heterocycles. The van der Waals surface area contributed by atoms with Crippen molar-refractivity contribution in [3.63, 3.8) is 0 Å². The summed E-state index contributed by atoms with van der Waals surface area (Å²) >= 11 is 0. The number of rotatable bonds is 4. The third-order valence-electron chi connectivity index (χ3n) is 6.84. The molecule has 166 valence electrons. The van der Waals surface area contributed by atoms with Crippen LogP contribution in [0.1, 0.15) is 56.6 Å². The summed E-state index contributed by atoms with van der Waals surface area (Å²) < 4.78 is 2.08. The number of hydrogen-bond donors (Lipinski definition) is 0. The van der Waals surface area contributed by atoms with Gasteiger partial charge in [-0.3, -0.25) is 4.57 Å². The smallest absolute Gasteiger partial charge is 0.165 e. The first-order chi connectivity index (χ1) is 16.3. The molecule has 1 saturated carbocycles. The first-order valence-corrected chi connectivity index (χ1v) is 11.7. The molecule has 0 spiro atoms. The molecule has 6 rings (SSSR count). The van der Waals surface area contributed by atoms with Gasteiger partial charge in [0.2, 0.25) is 0 Å². The molecule has 8 nitrogen and oxygen atoms in total. The molecule has 1 fully saturated rings. The van der Waals surface area contributed by atoms with Gasteiger partial charge in [0.25, 0.3) is 0 Å². The Bertz CT molecular complexity index is 1290. The lowest BCUT2D eigenvalue weighted by atomic mass is 10.0. The van der Waals surface area contributed by atoms with E-state index < -0.39 is 0 Å². The highest BCUT2D eigenvalue weighted by atomic mass is 15.4. The van der Waals surface area contributed by atoms with E-state index in [9.17, 15) is 0 Å². The molecule has 0 radical (unpaired) electrons. The van der Waals surface area contributed by atoms with Gasteiger partial charge in [-0.25, -0.2) is 19.9 Å². The maximum absolute atomic E-state index is 5.19. The van der Waals surface area contributed by atoms with Crippen LogP contribution in [0.5, 0.6) is 0 Å². The third kappa shape index (κ3) is 3.20. The minimum absolute atomic E-state index is 0.144. The topological polar surface area (TPSA) is 85.5 Å². The van der Waals surface area contributed by atoms with Crippen molar-refractivity contribution in [3.8, 4) is 28.3 Å². The van der Waals surface area contributed by atoms with E-state index in [0.717, 1.165) is 46.3 Å². The molecule has 3 aromatic heterocycles. The maximum Gasteiger partial charge on any atom is 0.165 e. The highest BCUT2D eigenvalue weighted by Gasteiger charge is 2.39. The summed E-state index contributed by atoms with van der Waals surface area (Å²) in [5.74, 6) is 2.59. The van der Waals surface area contributed by atoms with Gasteiger partial charge in [0.05, 0.1) is 23.0 Å². The Kier molecular flexibility index (Phi) is 4.86. The van der Waals surface area contributed by atoms with Crippen molar-refractivity contribution in [2.24, 2.45) is 0 Å². The fraction of sp³-hybridized carbons (Fsp3) is 0.360. The Morgan fingerprint density at radius 1 is 1.06 bits per heavy atom. The molecule has 33 heavy (non-hydrogen) atoms. The highest BCUT2D eigenvalue weighted by molar-refractivity contribution is 5.78. The van der Waals surface area contributed by atoms with Gasteiger partial charge in [0.1, 0.15) is 18.3 Å². The standard InChI is InChI=1S/C25H26N8/c1-3-20-24-31-28-15-32(24)22-16(2)29-23(30-25(22)33(20)18-11-7-8-12-18)19-13-26-14-27-21(19)17-9-5-4-6-10-17/h4-6,9-10,13-15,18,20H,3,7-8,11-12H2,1-2H3/t20-/m1/s1. The zero-order valence-electron chi connectivity index (χ0n) is 18.9. The van der Waals surface area contributed by atoms with Crippen molar-refractivity contribution in [1.82, 2.24) is 34.7 Å². The fourth-order valence-electron chi connectivity index (χ4n) is 5.36. The van der Waals surface area contributed by atoms with E-state index in [-0.39, 0.29) is 6.04 Å². The summed E-state index contributed by atoms with van der Waals surface area (Å²) in [6.45, 7) is 4.25. The van der Waals surface area contributed by atoms with Crippen molar-refractivity contribution in [2.75, 3.05) is 4.90 Å². The Morgan fingerprint density at radius 2 is 1.88 bits per heavy atom. The van der Waals surface area contributed by atoms with E-state index in [4.69, 9.17) is 9.97 Å². The average Bonchev–Trinajstić information content (AvgIpc) is 3.56. The second kappa shape index (κ2) is 8.03. The number of fused-ring (bicyclic) bond motifs is 3. The van der Waals surface area contributed by atoms with Crippen LogP contribution in [0, 0.1) is 6.92 Å². The normalized spacial score (nSPS) is 17.8. The van der Waals surface area contributed by atoms with Gasteiger partial charge in [-0.15, -0.1) is 10.2 Å². The number of anilines is 1. The Balaban J connectivity index is 1.57. The van der Waals surface area contributed by atoms with Crippen LogP contribution < -0.4 is 4.90 Å². The summed E-state index contributed by atoms with van der Waals surface area (Å²) in [5.41, 5.74) is 4.58. The predicted octanol–water partition coefficient (Wildman–Crippen LogP) is 4.70. The summed E-state index contributed by atoms with van der Waals surface area (Å²) in [5, 5.41) is 8.75. The molecule has 0 unspecified atom stereocenters. The van der Waals surface area contributed by atoms with Crippen LogP contribution in [0.4, 0.5) is 5.82 Å². The van der Waals surface area contributed by atoms with Crippen molar-refractivity contribution < 1.29 is 0 Å². The minimum atomic E-state index is 0.144. The van der Waals surface area contributed by atoms with Gasteiger partial charge < -0.3 is 4.90 Å². The lowest BCUT2D eigenvalue weighted by Crippen LogP contribution is -2.42. The monoisotopic (exact) mass is 438 g/mol. The minimum Gasteiger partial charge on any atom is -0.341 e. The van der Waals surface area contributed by atoms with Gasteiger partial charge in [-0.05, 0) is 26.2 Å².